The first-order valence-corrected chi connectivity index (χ1v) is 5.96. The van der Waals surface area contributed by atoms with Gasteiger partial charge in [-0.25, -0.2) is 9.37 Å². The van der Waals surface area contributed by atoms with Crippen LogP contribution in [0.5, 0.6) is 0 Å². The van der Waals surface area contributed by atoms with Crippen LogP contribution < -0.4 is 0 Å². The van der Waals surface area contributed by atoms with E-state index in [2.05, 4.69) is 15.6 Å². The highest BCUT2D eigenvalue weighted by atomic mass is 19.1. The molecule has 1 saturated carbocycles. The minimum absolute atomic E-state index is 0.0673. The van der Waals surface area contributed by atoms with Crippen LogP contribution in [0.15, 0.2) is 30.0 Å². The van der Waals surface area contributed by atoms with Gasteiger partial charge < -0.3 is 4.57 Å². The predicted molar refractivity (Wildman–Crippen MR) is 59.4 cm³/mol. The first-order valence-electron chi connectivity index (χ1n) is 5.96. The molecule has 0 atom stereocenters. The fourth-order valence-corrected chi connectivity index (χ4v) is 3.41. The van der Waals surface area contributed by atoms with Gasteiger partial charge in [0.15, 0.2) is 0 Å². The van der Waals surface area contributed by atoms with E-state index >= 15 is 0 Å². The van der Waals surface area contributed by atoms with Crippen molar-refractivity contribution >= 4 is 5.57 Å². The average molecular weight is 216 g/mol. The first-order chi connectivity index (χ1) is 7.83. The number of imidazole rings is 1. The van der Waals surface area contributed by atoms with Gasteiger partial charge in [-0.3, -0.25) is 0 Å². The van der Waals surface area contributed by atoms with Gasteiger partial charge in [0.1, 0.15) is 5.83 Å². The van der Waals surface area contributed by atoms with Gasteiger partial charge in [-0.1, -0.05) is 6.08 Å². The van der Waals surface area contributed by atoms with Crippen molar-refractivity contribution in [2.24, 2.45) is 0 Å². The summed E-state index contributed by atoms with van der Waals surface area (Å²) in [5.74, 6) is 0.112. The summed E-state index contributed by atoms with van der Waals surface area (Å²) >= 11 is 0. The second-order valence-corrected chi connectivity index (χ2v) is 4.97. The van der Waals surface area contributed by atoms with Crippen molar-refractivity contribution in [3.05, 3.63) is 35.7 Å². The van der Waals surface area contributed by atoms with Crippen molar-refractivity contribution in [3.8, 4) is 0 Å². The minimum atomic E-state index is -0.0673. The maximum absolute atomic E-state index is 14.1. The van der Waals surface area contributed by atoms with Crippen LogP contribution in [-0.2, 0) is 5.54 Å². The highest BCUT2D eigenvalue weighted by Crippen LogP contribution is 2.58. The number of fused-ring (bicyclic) bond motifs is 5. The van der Waals surface area contributed by atoms with Crippen molar-refractivity contribution in [2.75, 3.05) is 0 Å². The molecule has 2 nitrogen and oxygen atoms in total. The molecule has 3 aliphatic rings. The van der Waals surface area contributed by atoms with E-state index in [-0.39, 0.29) is 11.4 Å². The predicted octanol–water partition coefficient (Wildman–Crippen LogP) is 3.18. The zero-order valence-electron chi connectivity index (χ0n) is 9.04. The van der Waals surface area contributed by atoms with Crippen molar-refractivity contribution < 1.29 is 4.39 Å². The second kappa shape index (κ2) is 2.65. The first kappa shape index (κ1) is 8.74. The average Bonchev–Trinajstić information content (AvgIpc) is 2.75. The Kier molecular flexibility index (Phi) is 1.45. The molecular formula is C13H13FN2. The highest BCUT2D eigenvalue weighted by molar-refractivity contribution is 5.85. The molecule has 1 aliphatic heterocycles. The molecule has 1 fully saturated rings. The van der Waals surface area contributed by atoms with Crippen molar-refractivity contribution in [1.29, 1.82) is 0 Å². The van der Waals surface area contributed by atoms with Gasteiger partial charge in [-0.2, -0.15) is 0 Å². The Morgan fingerprint density at radius 1 is 1.38 bits per heavy atom. The summed E-state index contributed by atoms with van der Waals surface area (Å²) < 4.78 is 16.3. The number of hydrogen-bond donors (Lipinski definition) is 0. The summed E-state index contributed by atoms with van der Waals surface area (Å²) in [5.41, 5.74) is 3.13. The Labute approximate surface area is 93.5 Å². The smallest absolute Gasteiger partial charge is 0.106 e. The number of rotatable bonds is 0. The molecule has 16 heavy (non-hydrogen) atoms. The van der Waals surface area contributed by atoms with E-state index in [1.54, 1.807) is 0 Å². The van der Waals surface area contributed by atoms with Gasteiger partial charge in [0, 0.05) is 17.6 Å². The molecule has 0 amide bonds. The number of allylic oxidation sites excluding steroid dienone is 4. The molecule has 1 aromatic rings. The van der Waals surface area contributed by atoms with Gasteiger partial charge in [0.05, 0.1) is 23.8 Å². The Hall–Kier alpha value is -1.38. The molecule has 0 N–H and O–H groups in total. The molecule has 0 saturated heterocycles. The molecule has 1 aromatic heterocycles. The lowest BCUT2D eigenvalue weighted by molar-refractivity contribution is 0.201. The molecule has 0 unspecified atom stereocenters. The Bertz CT molecular complexity index is 532. The number of nitrogens with zero attached hydrogens (tertiary/aromatic N) is 2. The maximum Gasteiger partial charge on any atom is 0.106 e. The van der Waals surface area contributed by atoms with Crippen LogP contribution in [0.2, 0.25) is 0 Å². The minimum Gasteiger partial charge on any atom is -0.320 e. The fraction of sp³-hybridized carbons (Fsp3) is 0.462. The molecule has 0 aromatic carbocycles. The van der Waals surface area contributed by atoms with E-state index in [1.807, 2.05) is 12.5 Å². The maximum atomic E-state index is 14.1. The fourth-order valence-electron chi connectivity index (χ4n) is 3.41. The van der Waals surface area contributed by atoms with E-state index in [4.69, 9.17) is 0 Å². The van der Waals surface area contributed by atoms with E-state index in [1.165, 1.54) is 6.42 Å². The lowest BCUT2D eigenvalue weighted by Gasteiger charge is -2.41. The van der Waals surface area contributed by atoms with Crippen LogP contribution >= 0.6 is 0 Å². The van der Waals surface area contributed by atoms with Crippen LogP contribution in [0, 0.1) is 0 Å². The van der Waals surface area contributed by atoms with Crippen LogP contribution in [0.1, 0.15) is 37.8 Å². The van der Waals surface area contributed by atoms with Gasteiger partial charge >= 0.3 is 0 Å². The zero-order valence-corrected chi connectivity index (χ0v) is 9.04. The van der Waals surface area contributed by atoms with Gasteiger partial charge in [-0.15, -0.1) is 0 Å². The third-order valence-electron chi connectivity index (χ3n) is 4.27. The summed E-state index contributed by atoms with van der Waals surface area (Å²) in [4.78, 5) is 4.21. The summed E-state index contributed by atoms with van der Waals surface area (Å²) in [6, 6.07) is 0. The third-order valence-corrected chi connectivity index (χ3v) is 4.27. The summed E-state index contributed by atoms with van der Waals surface area (Å²) in [7, 11) is 0. The van der Waals surface area contributed by atoms with E-state index in [9.17, 15) is 4.39 Å². The topological polar surface area (TPSA) is 17.8 Å². The van der Waals surface area contributed by atoms with E-state index < -0.39 is 0 Å². The van der Waals surface area contributed by atoms with Gasteiger partial charge in [0.2, 0.25) is 0 Å². The van der Waals surface area contributed by atoms with Gasteiger partial charge in [0.25, 0.3) is 0 Å². The second-order valence-electron chi connectivity index (χ2n) is 4.97. The summed E-state index contributed by atoms with van der Waals surface area (Å²) in [6.45, 7) is 0. The van der Waals surface area contributed by atoms with Gasteiger partial charge in [-0.05, 0) is 25.7 Å². The van der Waals surface area contributed by atoms with Crippen LogP contribution in [-0.4, -0.2) is 9.55 Å². The van der Waals surface area contributed by atoms with Crippen molar-refractivity contribution in [1.82, 2.24) is 9.55 Å². The Morgan fingerprint density at radius 3 is 3.00 bits per heavy atom. The lowest BCUT2D eigenvalue weighted by atomic mass is 9.70. The summed E-state index contributed by atoms with van der Waals surface area (Å²) in [5, 5.41) is 0. The molecule has 2 aliphatic carbocycles. The van der Waals surface area contributed by atoms with E-state index in [0.717, 1.165) is 36.1 Å². The largest absolute Gasteiger partial charge is 0.320 e. The Balaban J connectivity index is 2.04. The summed E-state index contributed by atoms with van der Waals surface area (Å²) in [6.07, 6.45) is 10.7. The Morgan fingerprint density at radius 2 is 2.25 bits per heavy atom. The molecule has 0 bridgehead atoms. The van der Waals surface area contributed by atoms with Crippen LogP contribution in [0.4, 0.5) is 4.39 Å². The molecular weight excluding hydrogens is 203 g/mol. The van der Waals surface area contributed by atoms with Crippen LogP contribution in [0.25, 0.3) is 5.57 Å². The highest BCUT2D eigenvalue weighted by Gasteiger charge is 2.51. The zero-order chi connectivity index (χ0) is 10.8. The monoisotopic (exact) mass is 216 g/mol. The molecule has 3 heteroatoms. The van der Waals surface area contributed by atoms with Crippen molar-refractivity contribution in [2.45, 2.75) is 37.6 Å². The number of hydrogen-bond acceptors (Lipinski definition) is 1. The van der Waals surface area contributed by atoms with E-state index in [0.29, 0.717) is 6.42 Å². The SMILES string of the molecule is FC1=C2C(=CCC1)c1cncn1C21CCC1. The third kappa shape index (κ3) is 0.784. The number of aromatic nitrogens is 2. The molecule has 0 radical (unpaired) electrons. The van der Waals surface area contributed by atoms with Crippen LogP contribution in [0.3, 0.4) is 0 Å². The molecule has 82 valence electrons. The lowest BCUT2D eigenvalue weighted by Crippen LogP contribution is -2.39. The normalized spacial score (nSPS) is 25.2. The van der Waals surface area contributed by atoms with Crippen molar-refractivity contribution in [3.63, 3.8) is 0 Å². The quantitative estimate of drug-likeness (QED) is 0.651. The molecule has 4 rings (SSSR count). The molecule has 1 spiro atoms. The standard InChI is InChI=1S/C13H13FN2/c14-10-4-1-3-9-11-7-15-8-16(11)13(12(9)10)5-2-6-13/h3,7-8H,1-2,4-6H2. The molecule has 2 heterocycles. The number of halogens is 1.